The van der Waals surface area contributed by atoms with E-state index >= 15 is 0 Å². The summed E-state index contributed by atoms with van der Waals surface area (Å²) in [5.41, 5.74) is 0.697. The Hall–Kier alpha value is -2.09. The van der Waals surface area contributed by atoms with E-state index in [1.54, 1.807) is 12.4 Å². The minimum Gasteiger partial charge on any atom is -0.440 e. The topological polar surface area (TPSA) is 92.5 Å². The van der Waals surface area contributed by atoms with Gasteiger partial charge in [-0.3, -0.25) is 5.10 Å². The Balaban J connectivity index is 1.97. The highest BCUT2D eigenvalue weighted by Crippen LogP contribution is 2.30. The van der Waals surface area contributed by atoms with Gasteiger partial charge >= 0.3 is 0 Å². The van der Waals surface area contributed by atoms with Crippen LogP contribution in [0.15, 0.2) is 33.3 Å². The molecule has 0 unspecified atom stereocenters. The Kier molecular flexibility index (Phi) is 3.32. The van der Waals surface area contributed by atoms with Crippen LogP contribution >= 0.6 is 11.8 Å². The molecule has 0 aliphatic rings. The second-order valence-electron chi connectivity index (χ2n) is 3.81. The molecule has 0 atom stereocenters. The SMILES string of the molecule is CCCNc1nc(Sc2ncco2)c2cn[nH]c2n1. The van der Waals surface area contributed by atoms with Gasteiger partial charge in [0.05, 0.1) is 17.8 Å². The van der Waals surface area contributed by atoms with Gasteiger partial charge in [0.15, 0.2) is 5.65 Å². The first-order valence-corrected chi connectivity index (χ1v) is 6.71. The molecule has 3 heterocycles. The number of fused-ring (bicyclic) bond motifs is 1. The highest BCUT2D eigenvalue weighted by Gasteiger charge is 2.12. The van der Waals surface area contributed by atoms with Crippen molar-refractivity contribution in [3.05, 3.63) is 18.7 Å². The average molecular weight is 276 g/mol. The quantitative estimate of drug-likeness (QED) is 0.691. The van der Waals surface area contributed by atoms with Gasteiger partial charge in [-0.2, -0.15) is 10.1 Å². The third-order valence-electron chi connectivity index (χ3n) is 2.40. The molecule has 0 spiro atoms. The molecule has 0 saturated carbocycles. The van der Waals surface area contributed by atoms with Gasteiger partial charge in [0.25, 0.3) is 5.22 Å². The summed E-state index contributed by atoms with van der Waals surface area (Å²) in [6, 6.07) is 0. The molecule has 0 amide bonds. The van der Waals surface area contributed by atoms with Crippen LogP contribution in [0.2, 0.25) is 0 Å². The Morgan fingerprint density at radius 2 is 2.37 bits per heavy atom. The van der Waals surface area contributed by atoms with E-state index in [4.69, 9.17) is 4.42 Å². The van der Waals surface area contributed by atoms with Crippen LogP contribution in [-0.4, -0.2) is 31.7 Å². The van der Waals surface area contributed by atoms with E-state index in [2.05, 4.69) is 37.4 Å². The molecule has 0 bridgehead atoms. The number of hydrogen-bond donors (Lipinski definition) is 2. The van der Waals surface area contributed by atoms with Crippen molar-refractivity contribution in [3.63, 3.8) is 0 Å². The van der Waals surface area contributed by atoms with E-state index in [1.165, 1.54) is 18.0 Å². The second kappa shape index (κ2) is 5.27. The Morgan fingerprint density at radius 3 is 3.16 bits per heavy atom. The molecule has 0 aromatic carbocycles. The van der Waals surface area contributed by atoms with E-state index in [-0.39, 0.29) is 0 Å². The molecule has 3 aromatic rings. The van der Waals surface area contributed by atoms with Gasteiger partial charge in [-0.1, -0.05) is 6.92 Å². The summed E-state index contributed by atoms with van der Waals surface area (Å²) in [5.74, 6) is 0.577. The third-order valence-corrected chi connectivity index (χ3v) is 3.28. The molecule has 0 fully saturated rings. The first-order valence-electron chi connectivity index (χ1n) is 5.89. The summed E-state index contributed by atoms with van der Waals surface area (Å²) in [7, 11) is 0. The lowest BCUT2D eigenvalue weighted by Gasteiger charge is -2.05. The van der Waals surface area contributed by atoms with Crippen molar-refractivity contribution in [1.29, 1.82) is 0 Å². The lowest BCUT2D eigenvalue weighted by molar-refractivity contribution is 0.454. The van der Waals surface area contributed by atoms with Crippen LogP contribution in [0.4, 0.5) is 5.95 Å². The minimum atomic E-state index is 0.544. The monoisotopic (exact) mass is 276 g/mol. The van der Waals surface area contributed by atoms with Crippen LogP contribution in [0.5, 0.6) is 0 Å². The fourth-order valence-corrected chi connectivity index (χ4v) is 2.32. The summed E-state index contributed by atoms with van der Waals surface area (Å²) >= 11 is 1.35. The van der Waals surface area contributed by atoms with Crippen LogP contribution in [0.25, 0.3) is 11.0 Å². The zero-order valence-corrected chi connectivity index (χ0v) is 11.1. The fraction of sp³-hybridized carbons (Fsp3) is 0.273. The van der Waals surface area contributed by atoms with Crippen LogP contribution in [0, 0.1) is 0 Å². The second-order valence-corrected chi connectivity index (χ2v) is 4.75. The fourth-order valence-electron chi connectivity index (χ4n) is 1.55. The van der Waals surface area contributed by atoms with Crippen molar-refractivity contribution in [2.75, 3.05) is 11.9 Å². The first-order chi connectivity index (χ1) is 9.36. The predicted molar refractivity (Wildman–Crippen MR) is 71.1 cm³/mol. The number of anilines is 1. The van der Waals surface area contributed by atoms with Crippen molar-refractivity contribution in [1.82, 2.24) is 25.1 Å². The Bertz CT molecular complexity index is 665. The lowest BCUT2D eigenvalue weighted by Crippen LogP contribution is -2.05. The lowest BCUT2D eigenvalue weighted by atomic mass is 10.4. The van der Waals surface area contributed by atoms with Gasteiger partial charge in [0, 0.05) is 6.54 Å². The maximum Gasteiger partial charge on any atom is 0.261 e. The van der Waals surface area contributed by atoms with E-state index < -0.39 is 0 Å². The largest absolute Gasteiger partial charge is 0.440 e. The number of rotatable bonds is 5. The van der Waals surface area contributed by atoms with Crippen molar-refractivity contribution >= 4 is 28.7 Å². The van der Waals surface area contributed by atoms with Gasteiger partial charge < -0.3 is 9.73 Å². The summed E-state index contributed by atoms with van der Waals surface area (Å²) in [6.07, 6.45) is 5.84. The van der Waals surface area contributed by atoms with Gasteiger partial charge in [-0.25, -0.2) is 9.97 Å². The molecule has 3 aromatic heterocycles. The van der Waals surface area contributed by atoms with Crippen LogP contribution in [-0.2, 0) is 0 Å². The van der Waals surface area contributed by atoms with Crippen molar-refractivity contribution in [2.45, 2.75) is 23.6 Å². The highest BCUT2D eigenvalue weighted by molar-refractivity contribution is 7.99. The molecule has 0 aliphatic heterocycles. The van der Waals surface area contributed by atoms with Crippen molar-refractivity contribution in [3.8, 4) is 0 Å². The molecule has 19 heavy (non-hydrogen) atoms. The Labute approximate surface area is 113 Å². The zero-order chi connectivity index (χ0) is 13.1. The average Bonchev–Trinajstić information content (AvgIpc) is 3.06. The number of nitrogens with zero attached hydrogens (tertiary/aromatic N) is 4. The maximum absolute atomic E-state index is 5.22. The van der Waals surface area contributed by atoms with Crippen LogP contribution in [0.3, 0.4) is 0 Å². The highest BCUT2D eigenvalue weighted by atomic mass is 32.2. The summed E-state index contributed by atoms with van der Waals surface area (Å²) in [6.45, 7) is 2.91. The molecule has 3 rings (SSSR count). The van der Waals surface area contributed by atoms with Gasteiger partial charge in [0.1, 0.15) is 11.3 Å². The van der Waals surface area contributed by atoms with E-state index in [9.17, 15) is 0 Å². The molecule has 0 saturated heterocycles. The van der Waals surface area contributed by atoms with Crippen LogP contribution < -0.4 is 5.32 Å². The third kappa shape index (κ3) is 2.53. The van der Waals surface area contributed by atoms with Gasteiger partial charge in [-0.15, -0.1) is 0 Å². The molecule has 2 N–H and O–H groups in total. The standard InChI is InChI=1S/C11H12N6OS/c1-2-3-12-10-15-8-7(6-14-17-8)9(16-10)19-11-13-4-5-18-11/h4-6H,2-3H2,1H3,(H2,12,14,15,16,17). The number of hydrogen-bond acceptors (Lipinski definition) is 7. The molecular weight excluding hydrogens is 264 g/mol. The molecule has 0 aliphatic carbocycles. The summed E-state index contributed by atoms with van der Waals surface area (Å²) in [5, 5.41) is 12.2. The molecular formula is C11H12N6OS. The van der Waals surface area contributed by atoms with E-state index in [0.717, 1.165) is 23.4 Å². The molecule has 0 radical (unpaired) electrons. The zero-order valence-electron chi connectivity index (χ0n) is 10.3. The van der Waals surface area contributed by atoms with Crippen molar-refractivity contribution < 1.29 is 4.42 Å². The maximum atomic E-state index is 5.22. The number of oxazole rings is 1. The molecule has 98 valence electrons. The number of H-pyrrole nitrogens is 1. The normalized spacial score (nSPS) is 11.0. The van der Waals surface area contributed by atoms with Crippen LogP contribution in [0.1, 0.15) is 13.3 Å². The van der Waals surface area contributed by atoms with Crippen molar-refractivity contribution in [2.24, 2.45) is 0 Å². The molecule has 8 heteroatoms. The predicted octanol–water partition coefficient (Wildman–Crippen LogP) is 2.31. The smallest absolute Gasteiger partial charge is 0.261 e. The number of aromatic nitrogens is 5. The Morgan fingerprint density at radius 1 is 1.42 bits per heavy atom. The minimum absolute atomic E-state index is 0.544. The molecule has 7 nitrogen and oxygen atoms in total. The van der Waals surface area contributed by atoms with Gasteiger partial charge in [-0.05, 0) is 18.2 Å². The summed E-state index contributed by atoms with van der Waals surface area (Å²) in [4.78, 5) is 12.9. The van der Waals surface area contributed by atoms with E-state index in [0.29, 0.717) is 16.8 Å². The number of aromatic amines is 1. The first kappa shape index (κ1) is 12.0. The number of nitrogens with one attached hydrogen (secondary N) is 2. The summed E-state index contributed by atoms with van der Waals surface area (Å²) < 4.78 is 5.22. The van der Waals surface area contributed by atoms with E-state index in [1.807, 2.05) is 0 Å². The van der Waals surface area contributed by atoms with Gasteiger partial charge in [0.2, 0.25) is 5.95 Å².